The summed E-state index contributed by atoms with van der Waals surface area (Å²) in [5, 5.41) is 0. The van der Waals surface area contributed by atoms with Gasteiger partial charge < -0.3 is 5.73 Å². The van der Waals surface area contributed by atoms with Gasteiger partial charge in [-0.2, -0.15) is 0 Å². The van der Waals surface area contributed by atoms with Gasteiger partial charge in [-0.3, -0.25) is 0 Å². The predicted octanol–water partition coefficient (Wildman–Crippen LogP) is 1.77. The fraction of sp³-hybridized carbons (Fsp3) is 1.00. The van der Waals surface area contributed by atoms with Crippen LogP contribution in [0.1, 0.15) is 33.6 Å². The monoisotopic (exact) mass is 127 g/mol. The third-order valence-corrected chi connectivity index (χ3v) is 2.86. The highest BCUT2D eigenvalue weighted by atomic mass is 14.7. The third-order valence-electron chi connectivity index (χ3n) is 2.86. The Labute approximate surface area is 57.6 Å². The molecule has 3 unspecified atom stereocenters. The molecule has 1 saturated carbocycles. The standard InChI is InChI=1S/C8H17N/c1-4-8(3)5-7(8)6(2)9/h6-7H,4-5,9H2,1-3H3. The molecule has 0 spiro atoms. The summed E-state index contributed by atoms with van der Waals surface area (Å²) in [4.78, 5) is 0. The molecule has 2 N–H and O–H groups in total. The second kappa shape index (κ2) is 1.98. The summed E-state index contributed by atoms with van der Waals surface area (Å²) >= 11 is 0. The molecule has 1 fully saturated rings. The van der Waals surface area contributed by atoms with Crippen molar-refractivity contribution in [1.82, 2.24) is 0 Å². The molecule has 0 aliphatic heterocycles. The maximum Gasteiger partial charge on any atom is 0.00441 e. The maximum atomic E-state index is 5.75. The fourth-order valence-corrected chi connectivity index (χ4v) is 1.67. The van der Waals surface area contributed by atoms with Crippen molar-refractivity contribution in [2.75, 3.05) is 0 Å². The van der Waals surface area contributed by atoms with E-state index in [0.717, 1.165) is 5.92 Å². The van der Waals surface area contributed by atoms with Crippen LogP contribution in [-0.4, -0.2) is 6.04 Å². The van der Waals surface area contributed by atoms with Crippen LogP contribution >= 0.6 is 0 Å². The SMILES string of the molecule is CCC1(C)CC1C(C)N. The largest absolute Gasteiger partial charge is 0.328 e. The van der Waals surface area contributed by atoms with E-state index in [4.69, 9.17) is 5.73 Å². The summed E-state index contributed by atoms with van der Waals surface area (Å²) in [6, 6.07) is 0.412. The molecule has 54 valence electrons. The van der Waals surface area contributed by atoms with Crippen molar-refractivity contribution in [3.8, 4) is 0 Å². The minimum absolute atomic E-state index is 0.412. The first-order valence-electron chi connectivity index (χ1n) is 3.86. The van der Waals surface area contributed by atoms with Gasteiger partial charge in [-0.1, -0.05) is 20.3 Å². The Morgan fingerprint density at radius 3 is 2.44 bits per heavy atom. The Morgan fingerprint density at radius 1 is 1.78 bits per heavy atom. The van der Waals surface area contributed by atoms with E-state index < -0.39 is 0 Å². The summed E-state index contributed by atoms with van der Waals surface area (Å²) in [6.07, 6.45) is 2.64. The van der Waals surface area contributed by atoms with Crippen molar-refractivity contribution in [3.05, 3.63) is 0 Å². The first kappa shape index (κ1) is 7.07. The number of nitrogens with two attached hydrogens (primary N) is 1. The quantitative estimate of drug-likeness (QED) is 0.601. The molecule has 0 radical (unpaired) electrons. The van der Waals surface area contributed by atoms with E-state index in [1.807, 2.05) is 0 Å². The van der Waals surface area contributed by atoms with Crippen LogP contribution in [0, 0.1) is 11.3 Å². The topological polar surface area (TPSA) is 26.0 Å². The zero-order valence-electron chi connectivity index (χ0n) is 6.65. The van der Waals surface area contributed by atoms with Crippen LogP contribution in [0.5, 0.6) is 0 Å². The highest BCUT2D eigenvalue weighted by Gasteiger charge is 2.49. The Hall–Kier alpha value is -0.0400. The third kappa shape index (κ3) is 1.11. The highest BCUT2D eigenvalue weighted by molar-refractivity contribution is 5.01. The summed E-state index contributed by atoms with van der Waals surface area (Å²) in [7, 11) is 0. The molecule has 0 aromatic heterocycles. The molecule has 1 rings (SSSR count). The van der Waals surface area contributed by atoms with Crippen LogP contribution in [0.15, 0.2) is 0 Å². The molecule has 0 aromatic rings. The van der Waals surface area contributed by atoms with Gasteiger partial charge in [-0.15, -0.1) is 0 Å². The number of rotatable bonds is 2. The first-order chi connectivity index (χ1) is 4.10. The lowest BCUT2D eigenvalue weighted by molar-refractivity contribution is 0.447. The average molecular weight is 127 g/mol. The van der Waals surface area contributed by atoms with E-state index in [0.29, 0.717) is 11.5 Å². The van der Waals surface area contributed by atoms with Crippen molar-refractivity contribution in [1.29, 1.82) is 0 Å². The van der Waals surface area contributed by atoms with E-state index in [1.54, 1.807) is 0 Å². The zero-order valence-corrected chi connectivity index (χ0v) is 6.65. The van der Waals surface area contributed by atoms with Gasteiger partial charge in [-0.05, 0) is 24.7 Å². The van der Waals surface area contributed by atoms with Gasteiger partial charge >= 0.3 is 0 Å². The van der Waals surface area contributed by atoms with E-state index >= 15 is 0 Å². The van der Waals surface area contributed by atoms with Gasteiger partial charge in [0.1, 0.15) is 0 Å². The lowest BCUT2D eigenvalue weighted by Gasteiger charge is -2.09. The summed E-state index contributed by atoms with van der Waals surface area (Å²) in [5.74, 6) is 0.808. The van der Waals surface area contributed by atoms with Crippen LogP contribution in [0.3, 0.4) is 0 Å². The Morgan fingerprint density at radius 2 is 2.33 bits per heavy atom. The molecule has 1 nitrogen and oxygen atoms in total. The van der Waals surface area contributed by atoms with Crippen LogP contribution in [-0.2, 0) is 0 Å². The van der Waals surface area contributed by atoms with Gasteiger partial charge in [-0.25, -0.2) is 0 Å². The molecule has 0 aromatic carbocycles. The highest BCUT2D eigenvalue weighted by Crippen LogP contribution is 2.55. The van der Waals surface area contributed by atoms with Crippen LogP contribution in [0.2, 0.25) is 0 Å². The van der Waals surface area contributed by atoms with Crippen LogP contribution < -0.4 is 5.73 Å². The Balaban J connectivity index is 2.38. The van der Waals surface area contributed by atoms with E-state index in [9.17, 15) is 0 Å². The second-order valence-corrected chi connectivity index (χ2v) is 3.68. The first-order valence-corrected chi connectivity index (χ1v) is 3.86. The average Bonchev–Trinajstić information content (AvgIpc) is 2.44. The lowest BCUT2D eigenvalue weighted by atomic mass is 10.0. The van der Waals surface area contributed by atoms with Gasteiger partial charge in [0.25, 0.3) is 0 Å². The normalized spacial score (nSPS) is 44.7. The zero-order chi connectivity index (χ0) is 7.07. The number of hydrogen-bond acceptors (Lipinski definition) is 1. The Kier molecular flexibility index (Phi) is 1.55. The maximum absolute atomic E-state index is 5.75. The van der Waals surface area contributed by atoms with E-state index in [-0.39, 0.29) is 0 Å². The van der Waals surface area contributed by atoms with E-state index in [1.165, 1.54) is 12.8 Å². The molecule has 1 aliphatic rings. The molecule has 0 amide bonds. The van der Waals surface area contributed by atoms with Crippen molar-refractivity contribution < 1.29 is 0 Å². The van der Waals surface area contributed by atoms with Crippen molar-refractivity contribution in [2.45, 2.75) is 39.7 Å². The smallest absolute Gasteiger partial charge is 0.00441 e. The van der Waals surface area contributed by atoms with E-state index in [2.05, 4.69) is 20.8 Å². The minimum atomic E-state index is 0.412. The molecule has 0 saturated heterocycles. The molecular formula is C8H17N. The molecule has 0 heterocycles. The van der Waals surface area contributed by atoms with Crippen molar-refractivity contribution >= 4 is 0 Å². The van der Waals surface area contributed by atoms with Gasteiger partial charge in [0.15, 0.2) is 0 Å². The molecule has 0 bridgehead atoms. The lowest BCUT2D eigenvalue weighted by Crippen LogP contribution is -2.20. The molecular weight excluding hydrogens is 110 g/mol. The minimum Gasteiger partial charge on any atom is -0.328 e. The molecule has 1 heteroatoms. The van der Waals surface area contributed by atoms with Crippen LogP contribution in [0.25, 0.3) is 0 Å². The fourth-order valence-electron chi connectivity index (χ4n) is 1.67. The summed E-state index contributed by atoms with van der Waals surface area (Å²) in [6.45, 7) is 6.70. The summed E-state index contributed by atoms with van der Waals surface area (Å²) in [5.41, 5.74) is 6.35. The predicted molar refractivity (Wildman–Crippen MR) is 40.2 cm³/mol. The summed E-state index contributed by atoms with van der Waals surface area (Å²) < 4.78 is 0. The molecule has 9 heavy (non-hydrogen) atoms. The van der Waals surface area contributed by atoms with Gasteiger partial charge in [0, 0.05) is 6.04 Å². The Bertz CT molecular complexity index is 109. The van der Waals surface area contributed by atoms with Gasteiger partial charge in [0.05, 0.1) is 0 Å². The van der Waals surface area contributed by atoms with Crippen LogP contribution in [0.4, 0.5) is 0 Å². The van der Waals surface area contributed by atoms with Crippen molar-refractivity contribution in [3.63, 3.8) is 0 Å². The van der Waals surface area contributed by atoms with Gasteiger partial charge in [0.2, 0.25) is 0 Å². The van der Waals surface area contributed by atoms with Crippen molar-refractivity contribution in [2.24, 2.45) is 17.1 Å². The molecule has 1 aliphatic carbocycles. The second-order valence-electron chi connectivity index (χ2n) is 3.68. The molecule has 3 atom stereocenters. The number of hydrogen-bond donors (Lipinski definition) is 1.